The number of carbonyl (C=O) groups excluding carboxylic acids is 1. The predicted octanol–water partition coefficient (Wildman–Crippen LogP) is 3.51. The molecule has 0 bridgehead atoms. The zero-order valence-corrected chi connectivity index (χ0v) is 12.9. The molecule has 0 aliphatic carbocycles. The van der Waals surface area contributed by atoms with E-state index < -0.39 is 0 Å². The molecule has 0 unspecified atom stereocenters. The average molecular weight is 299 g/mol. The Balaban J connectivity index is 2.19. The van der Waals surface area contributed by atoms with Gasteiger partial charge in [-0.25, -0.2) is 0 Å². The number of amides is 1. The first kappa shape index (κ1) is 13.8. The zero-order chi connectivity index (χ0) is 15.0. The van der Waals surface area contributed by atoms with Crippen molar-refractivity contribution in [1.29, 1.82) is 0 Å². The topological polar surface area (TPSA) is 59.2 Å². The summed E-state index contributed by atoms with van der Waals surface area (Å²) in [5, 5.41) is 1.91. The van der Waals surface area contributed by atoms with E-state index in [9.17, 15) is 4.79 Å². The number of hydrogen-bond acceptors (Lipinski definition) is 4. The van der Waals surface area contributed by atoms with Crippen LogP contribution in [0.4, 0.5) is 5.69 Å². The molecule has 4 nitrogen and oxygen atoms in total. The standard InChI is InChI=1S/C16H17N3OS/c1-3-8-19(2)16(20)15-13(17)11-9-18-12-7-5-4-6-10(12)14(11)21-15/h4-7,9H,3,8,17H2,1-2H3. The summed E-state index contributed by atoms with van der Waals surface area (Å²) >= 11 is 1.46. The van der Waals surface area contributed by atoms with Gasteiger partial charge in [-0.1, -0.05) is 25.1 Å². The molecular weight excluding hydrogens is 282 g/mol. The molecule has 0 spiro atoms. The molecule has 2 heterocycles. The van der Waals surface area contributed by atoms with Crippen molar-refractivity contribution < 1.29 is 4.79 Å². The van der Waals surface area contributed by atoms with Gasteiger partial charge in [0.15, 0.2) is 0 Å². The molecule has 2 aromatic heterocycles. The SMILES string of the molecule is CCCN(C)C(=O)c1sc2c(cnc3ccccc32)c1N. The number of fused-ring (bicyclic) bond motifs is 3. The van der Waals surface area contributed by atoms with Crippen molar-refractivity contribution >= 4 is 43.9 Å². The van der Waals surface area contributed by atoms with Crippen molar-refractivity contribution in [3.63, 3.8) is 0 Å². The Labute approximate surface area is 127 Å². The minimum absolute atomic E-state index is 0.0142. The molecule has 2 N–H and O–H groups in total. The van der Waals surface area contributed by atoms with Crippen LogP contribution in [0.2, 0.25) is 0 Å². The minimum Gasteiger partial charge on any atom is -0.397 e. The van der Waals surface area contributed by atoms with E-state index in [1.165, 1.54) is 11.3 Å². The van der Waals surface area contributed by atoms with E-state index in [1.54, 1.807) is 11.1 Å². The van der Waals surface area contributed by atoms with Crippen molar-refractivity contribution in [3.8, 4) is 0 Å². The molecule has 1 aromatic carbocycles. The number of carbonyl (C=O) groups is 1. The molecule has 0 aliphatic heterocycles. The monoisotopic (exact) mass is 299 g/mol. The first-order valence-corrected chi connectivity index (χ1v) is 7.76. The highest BCUT2D eigenvalue weighted by Gasteiger charge is 2.20. The highest BCUT2D eigenvalue weighted by Crippen LogP contribution is 2.37. The van der Waals surface area contributed by atoms with Crippen LogP contribution in [-0.4, -0.2) is 29.4 Å². The normalized spacial score (nSPS) is 11.1. The lowest BCUT2D eigenvalue weighted by Crippen LogP contribution is -2.27. The zero-order valence-electron chi connectivity index (χ0n) is 12.1. The first-order chi connectivity index (χ1) is 10.1. The highest BCUT2D eigenvalue weighted by molar-refractivity contribution is 7.22. The van der Waals surface area contributed by atoms with Crippen LogP contribution in [-0.2, 0) is 0 Å². The van der Waals surface area contributed by atoms with E-state index in [-0.39, 0.29) is 5.91 Å². The molecule has 0 saturated carbocycles. The molecule has 0 radical (unpaired) electrons. The third-order valence-electron chi connectivity index (χ3n) is 3.56. The summed E-state index contributed by atoms with van der Waals surface area (Å²) in [5.41, 5.74) is 7.65. The summed E-state index contributed by atoms with van der Waals surface area (Å²) in [6.45, 7) is 2.78. The number of thiophene rings is 1. The Morgan fingerprint density at radius 2 is 2.10 bits per heavy atom. The second kappa shape index (κ2) is 5.33. The van der Waals surface area contributed by atoms with Crippen molar-refractivity contribution in [2.24, 2.45) is 0 Å². The lowest BCUT2D eigenvalue weighted by molar-refractivity contribution is 0.0801. The van der Waals surface area contributed by atoms with Crippen LogP contribution >= 0.6 is 11.3 Å². The van der Waals surface area contributed by atoms with Crippen LogP contribution in [0.25, 0.3) is 21.0 Å². The summed E-state index contributed by atoms with van der Waals surface area (Å²) in [6, 6.07) is 7.92. The van der Waals surface area contributed by atoms with Gasteiger partial charge in [-0.2, -0.15) is 0 Å². The van der Waals surface area contributed by atoms with Gasteiger partial charge in [0.25, 0.3) is 5.91 Å². The van der Waals surface area contributed by atoms with Crippen LogP contribution in [0.5, 0.6) is 0 Å². The number of nitrogens with two attached hydrogens (primary N) is 1. The molecule has 0 saturated heterocycles. The summed E-state index contributed by atoms with van der Waals surface area (Å²) in [5.74, 6) is -0.0142. The van der Waals surface area contributed by atoms with Gasteiger partial charge in [0.1, 0.15) is 4.88 Å². The lowest BCUT2D eigenvalue weighted by Gasteiger charge is -2.15. The van der Waals surface area contributed by atoms with E-state index in [1.807, 2.05) is 31.3 Å². The van der Waals surface area contributed by atoms with Gasteiger partial charge in [-0.15, -0.1) is 11.3 Å². The van der Waals surface area contributed by atoms with Gasteiger partial charge in [-0.3, -0.25) is 9.78 Å². The second-order valence-corrected chi connectivity index (χ2v) is 6.11. The second-order valence-electron chi connectivity index (χ2n) is 5.09. The fourth-order valence-corrected chi connectivity index (χ4v) is 3.69. The maximum absolute atomic E-state index is 12.5. The van der Waals surface area contributed by atoms with Gasteiger partial charge in [0.2, 0.25) is 0 Å². The Morgan fingerprint density at radius 3 is 2.86 bits per heavy atom. The van der Waals surface area contributed by atoms with E-state index in [0.29, 0.717) is 10.6 Å². The number of nitrogen functional groups attached to an aromatic ring is 1. The van der Waals surface area contributed by atoms with Crippen molar-refractivity contribution in [3.05, 3.63) is 35.3 Å². The van der Waals surface area contributed by atoms with Crippen LogP contribution in [0.1, 0.15) is 23.0 Å². The molecule has 3 rings (SSSR count). The van der Waals surface area contributed by atoms with Crippen LogP contribution in [0, 0.1) is 0 Å². The summed E-state index contributed by atoms with van der Waals surface area (Å²) in [4.78, 5) is 19.3. The molecule has 3 aromatic rings. The quantitative estimate of drug-likeness (QED) is 0.805. The lowest BCUT2D eigenvalue weighted by atomic mass is 10.1. The van der Waals surface area contributed by atoms with E-state index in [0.717, 1.165) is 34.0 Å². The van der Waals surface area contributed by atoms with Gasteiger partial charge in [0, 0.05) is 35.3 Å². The van der Waals surface area contributed by atoms with Crippen LogP contribution in [0.15, 0.2) is 30.5 Å². The third-order valence-corrected chi connectivity index (χ3v) is 4.81. The molecule has 0 atom stereocenters. The fraction of sp³-hybridized carbons (Fsp3) is 0.250. The molecule has 0 aliphatic rings. The molecule has 0 fully saturated rings. The van der Waals surface area contributed by atoms with Gasteiger partial charge in [-0.05, 0) is 12.5 Å². The number of pyridine rings is 1. The number of anilines is 1. The molecule has 21 heavy (non-hydrogen) atoms. The number of nitrogens with zero attached hydrogens (tertiary/aromatic N) is 2. The van der Waals surface area contributed by atoms with Crippen molar-refractivity contribution in [2.75, 3.05) is 19.3 Å². The molecule has 5 heteroatoms. The fourth-order valence-electron chi connectivity index (χ4n) is 2.47. The maximum atomic E-state index is 12.5. The van der Waals surface area contributed by atoms with Crippen molar-refractivity contribution in [1.82, 2.24) is 9.88 Å². The Hall–Kier alpha value is -2.14. The average Bonchev–Trinajstić information content (AvgIpc) is 2.84. The Bertz CT molecular complexity index is 825. The van der Waals surface area contributed by atoms with Crippen molar-refractivity contribution in [2.45, 2.75) is 13.3 Å². The first-order valence-electron chi connectivity index (χ1n) is 6.94. The summed E-state index contributed by atoms with van der Waals surface area (Å²) < 4.78 is 1.03. The maximum Gasteiger partial charge on any atom is 0.265 e. The molecular formula is C16H17N3OS. The predicted molar refractivity (Wildman–Crippen MR) is 88.8 cm³/mol. The number of aromatic nitrogens is 1. The number of hydrogen-bond donors (Lipinski definition) is 1. The molecule has 108 valence electrons. The smallest absolute Gasteiger partial charge is 0.265 e. The van der Waals surface area contributed by atoms with E-state index in [4.69, 9.17) is 5.73 Å². The van der Waals surface area contributed by atoms with E-state index >= 15 is 0 Å². The number of para-hydroxylation sites is 1. The van der Waals surface area contributed by atoms with Gasteiger partial charge >= 0.3 is 0 Å². The third kappa shape index (κ3) is 2.23. The highest BCUT2D eigenvalue weighted by atomic mass is 32.1. The van der Waals surface area contributed by atoms with Crippen LogP contribution < -0.4 is 5.73 Å². The van der Waals surface area contributed by atoms with E-state index in [2.05, 4.69) is 11.9 Å². The Kier molecular flexibility index (Phi) is 3.51. The van der Waals surface area contributed by atoms with Gasteiger partial charge < -0.3 is 10.6 Å². The summed E-state index contributed by atoms with van der Waals surface area (Å²) in [7, 11) is 1.81. The largest absolute Gasteiger partial charge is 0.397 e. The van der Waals surface area contributed by atoms with Gasteiger partial charge in [0.05, 0.1) is 11.2 Å². The minimum atomic E-state index is -0.0142. The molecule has 1 amide bonds. The number of rotatable bonds is 3. The van der Waals surface area contributed by atoms with Crippen LogP contribution in [0.3, 0.4) is 0 Å². The Morgan fingerprint density at radius 1 is 1.33 bits per heavy atom. The number of benzene rings is 1. The summed E-state index contributed by atoms with van der Waals surface area (Å²) in [6.07, 6.45) is 2.69.